The van der Waals surface area contributed by atoms with Gasteiger partial charge >= 0.3 is 0 Å². The van der Waals surface area contributed by atoms with E-state index < -0.39 is 0 Å². The standard InChI is InChI=1S/C3H6N4/c1-2-5-7-3-6-4-1/h4-5H,1-2H2. The van der Waals surface area contributed by atoms with Crippen molar-refractivity contribution in [2.24, 2.45) is 10.2 Å². The summed E-state index contributed by atoms with van der Waals surface area (Å²) in [5.74, 6) is 0. The molecule has 0 unspecified atom stereocenters. The molecule has 0 spiro atoms. The number of hydrazone groups is 2. The van der Waals surface area contributed by atoms with Gasteiger partial charge in [-0.25, -0.2) is 0 Å². The third-order valence-electron chi connectivity index (χ3n) is 0.607. The Balaban J connectivity index is 2.40. The van der Waals surface area contributed by atoms with Crippen molar-refractivity contribution in [2.45, 2.75) is 0 Å². The maximum Gasteiger partial charge on any atom is 0.138 e. The quantitative estimate of drug-likeness (QED) is 0.416. The van der Waals surface area contributed by atoms with E-state index >= 15 is 0 Å². The van der Waals surface area contributed by atoms with Crippen LogP contribution < -0.4 is 10.9 Å². The van der Waals surface area contributed by atoms with Gasteiger partial charge in [0.15, 0.2) is 0 Å². The summed E-state index contributed by atoms with van der Waals surface area (Å²) < 4.78 is 0. The second-order valence-corrected chi connectivity index (χ2v) is 1.14. The van der Waals surface area contributed by atoms with Crippen LogP contribution >= 0.6 is 0 Å². The van der Waals surface area contributed by atoms with Crippen LogP contribution in [0.25, 0.3) is 0 Å². The van der Waals surface area contributed by atoms with E-state index in [-0.39, 0.29) is 0 Å². The van der Waals surface area contributed by atoms with E-state index in [4.69, 9.17) is 0 Å². The lowest BCUT2D eigenvalue weighted by atomic mass is 10.7. The maximum atomic E-state index is 3.54. The zero-order valence-corrected chi connectivity index (χ0v) is 3.81. The van der Waals surface area contributed by atoms with E-state index in [0.29, 0.717) is 0 Å². The Labute approximate surface area is 41.3 Å². The molecule has 0 saturated heterocycles. The van der Waals surface area contributed by atoms with Crippen molar-refractivity contribution in [3.63, 3.8) is 0 Å². The van der Waals surface area contributed by atoms with Gasteiger partial charge in [-0.3, -0.25) is 10.9 Å². The van der Waals surface area contributed by atoms with E-state index in [1.54, 1.807) is 0 Å². The van der Waals surface area contributed by atoms with E-state index in [0.717, 1.165) is 13.1 Å². The first-order valence-electron chi connectivity index (χ1n) is 2.10. The number of hydrogen-bond acceptors (Lipinski definition) is 4. The van der Waals surface area contributed by atoms with Gasteiger partial charge in [0.1, 0.15) is 6.01 Å². The summed E-state index contributed by atoms with van der Waals surface area (Å²) in [7, 11) is 0. The average Bonchev–Trinajstić information content (AvgIpc) is 1.90. The monoisotopic (exact) mass is 98.1 g/mol. The van der Waals surface area contributed by atoms with E-state index in [1.807, 2.05) is 0 Å². The second-order valence-electron chi connectivity index (χ2n) is 1.14. The molecule has 4 nitrogen and oxygen atoms in total. The molecular weight excluding hydrogens is 92.1 g/mol. The smallest absolute Gasteiger partial charge is 0.138 e. The van der Waals surface area contributed by atoms with E-state index in [9.17, 15) is 0 Å². The highest BCUT2D eigenvalue weighted by Crippen LogP contribution is 1.62. The molecule has 0 bridgehead atoms. The summed E-state index contributed by atoms with van der Waals surface area (Å²) in [6.07, 6.45) is 0. The van der Waals surface area contributed by atoms with Gasteiger partial charge in [0.2, 0.25) is 0 Å². The Morgan fingerprint density at radius 2 is 1.71 bits per heavy atom. The molecule has 38 valence electrons. The summed E-state index contributed by atoms with van der Waals surface area (Å²) in [5.41, 5.74) is 5.41. The zero-order valence-electron chi connectivity index (χ0n) is 3.81. The Morgan fingerprint density at radius 3 is 2.29 bits per heavy atom. The fourth-order valence-corrected chi connectivity index (χ4v) is 0.319. The molecular formula is C3H6N4. The lowest BCUT2D eigenvalue weighted by Crippen LogP contribution is -2.17. The Morgan fingerprint density at radius 1 is 1.14 bits per heavy atom. The molecule has 0 atom stereocenters. The molecule has 0 saturated carbocycles. The average molecular weight is 98.1 g/mol. The molecule has 1 heterocycles. The fourth-order valence-electron chi connectivity index (χ4n) is 0.319. The van der Waals surface area contributed by atoms with Crippen LogP contribution in [-0.4, -0.2) is 19.1 Å². The third kappa shape index (κ3) is 1.24. The van der Waals surface area contributed by atoms with Crippen molar-refractivity contribution in [3.05, 3.63) is 0 Å². The summed E-state index contributed by atoms with van der Waals surface area (Å²) in [5, 5.41) is 7.08. The number of hydrogen-bond donors (Lipinski definition) is 2. The molecule has 7 heavy (non-hydrogen) atoms. The van der Waals surface area contributed by atoms with Crippen LogP contribution in [-0.2, 0) is 0 Å². The first kappa shape index (κ1) is 4.15. The molecule has 1 rings (SSSR count). The summed E-state index contributed by atoms with van der Waals surface area (Å²) in [4.78, 5) is 0. The zero-order chi connectivity index (χ0) is 4.95. The van der Waals surface area contributed by atoms with Crippen LogP contribution in [0, 0.1) is 0 Å². The molecule has 4 heteroatoms. The molecule has 2 N–H and O–H groups in total. The minimum absolute atomic E-state index is 0.816. The first-order valence-corrected chi connectivity index (χ1v) is 2.10. The van der Waals surface area contributed by atoms with Crippen LogP contribution in [0.4, 0.5) is 0 Å². The van der Waals surface area contributed by atoms with Crippen molar-refractivity contribution >= 4 is 6.01 Å². The third-order valence-corrected chi connectivity index (χ3v) is 0.607. The van der Waals surface area contributed by atoms with Crippen molar-refractivity contribution < 1.29 is 0 Å². The Hall–Kier alpha value is -1.02. The van der Waals surface area contributed by atoms with Crippen LogP contribution in [0.3, 0.4) is 0 Å². The van der Waals surface area contributed by atoms with Crippen LogP contribution in [0.2, 0.25) is 0 Å². The van der Waals surface area contributed by atoms with E-state index in [1.165, 1.54) is 0 Å². The second kappa shape index (κ2) is 2.21. The highest BCUT2D eigenvalue weighted by Gasteiger charge is 1.80. The molecule has 1 aliphatic rings. The number of nitrogens with one attached hydrogen (secondary N) is 2. The van der Waals surface area contributed by atoms with Gasteiger partial charge < -0.3 is 0 Å². The molecule has 1 aliphatic heterocycles. The number of nitrogens with zero attached hydrogens (tertiary/aromatic N) is 2. The summed E-state index contributed by atoms with van der Waals surface area (Å²) in [6.45, 7) is 1.63. The van der Waals surface area contributed by atoms with Crippen molar-refractivity contribution in [2.75, 3.05) is 13.1 Å². The highest BCUT2D eigenvalue weighted by atomic mass is 15.4. The van der Waals surface area contributed by atoms with Crippen molar-refractivity contribution in [1.29, 1.82) is 0 Å². The van der Waals surface area contributed by atoms with Gasteiger partial charge in [0.25, 0.3) is 0 Å². The van der Waals surface area contributed by atoms with Gasteiger partial charge in [-0.1, -0.05) is 0 Å². The highest BCUT2D eigenvalue weighted by molar-refractivity contribution is 5.40. The molecule has 0 aromatic carbocycles. The van der Waals surface area contributed by atoms with Gasteiger partial charge in [-0.2, -0.15) is 0 Å². The van der Waals surface area contributed by atoms with Gasteiger partial charge in [-0.15, -0.1) is 10.2 Å². The maximum absolute atomic E-state index is 3.54. The summed E-state index contributed by atoms with van der Waals surface area (Å²) in [6, 6.07) is 2.38. The van der Waals surface area contributed by atoms with Crippen LogP contribution in [0.1, 0.15) is 0 Å². The van der Waals surface area contributed by atoms with Crippen molar-refractivity contribution in [3.8, 4) is 0 Å². The topological polar surface area (TPSA) is 48.8 Å². The van der Waals surface area contributed by atoms with Crippen LogP contribution in [0.15, 0.2) is 10.2 Å². The fraction of sp³-hybridized carbons (Fsp3) is 0.667. The van der Waals surface area contributed by atoms with Gasteiger partial charge in [0.05, 0.1) is 13.1 Å². The molecule has 0 fully saturated rings. The number of rotatable bonds is 0. The van der Waals surface area contributed by atoms with E-state index in [2.05, 4.69) is 27.1 Å². The van der Waals surface area contributed by atoms with Crippen molar-refractivity contribution in [1.82, 2.24) is 10.9 Å². The Kier molecular flexibility index (Phi) is 1.31. The lowest BCUT2D eigenvalue weighted by Gasteiger charge is -1.90. The normalized spacial score (nSPS) is 17.1. The lowest BCUT2D eigenvalue weighted by molar-refractivity contribution is 0.676. The van der Waals surface area contributed by atoms with Gasteiger partial charge in [-0.05, 0) is 0 Å². The largest absolute Gasteiger partial charge is 0.299 e. The molecule has 0 aromatic rings. The minimum Gasteiger partial charge on any atom is -0.299 e. The predicted molar refractivity (Wildman–Crippen MR) is 25.9 cm³/mol. The minimum atomic E-state index is 0.816. The van der Waals surface area contributed by atoms with Crippen LogP contribution in [0.5, 0.6) is 0 Å². The SMILES string of the molecule is C1=NNCCNN=1. The first-order chi connectivity index (χ1) is 3.50. The molecule has 0 radical (unpaired) electrons. The molecule has 0 aromatic heterocycles. The van der Waals surface area contributed by atoms with Gasteiger partial charge in [0, 0.05) is 0 Å². The Bertz CT molecular complexity index is 91.5. The molecule has 0 aliphatic carbocycles. The summed E-state index contributed by atoms with van der Waals surface area (Å²) >= 11 is 0. The molecule has 0 amide bonds. The predicted octanol–water partition coefficient (Wildman–Crippen LogP) is -0.817.